The topological polar surface area (TPSA) is 35.2 Å². The van der Waals surface area contributed by atoms with E-state index in [1.165, 1.54) is 7.11 Å². The molecule has 1 aliphatic rings. The number of hydrogen-bond acceptors (Lipinski definition) is 3. The Kier molecular flexibility index (Phi) is 3.71. The van der Waals surface area contributed by atoms with Crippen molar-refractivity contribution in [3.05, 3.63) is 29.6 Å². The molecule has 1 aliphatic heterocycles. The van der Waals surface area contributed by atoms with Crippen molar-refractivity contribution in [2.24, 2.45) is 11.7 Å². The van der Waals surface area contributed by atoms with Crippen LogP contribution in [0.3, 0.4) is 0 Å². The van der Waals surface area contributed by atoms with E-state index in [2.05, 4.69) is 0 Å². The van der Waals surface area contributed by atoms with Crippen molar-refractivity contribution in [1.29, 1.82) is 0 Å². The van der Waals surface area contributed by atoms with Crippen molar-refractivity contribution in [1.82, 2.24) is 0 Å². The maximum Gasteiger partial charge on any atom is 0.169 e. The van der Waals surface area contributed by atoms with Crippen LogP contribution in [0.5, 0.6) is 5.75 Å². The van der Waals surface area contributed by atoms with Crippen molar-refractivity contribution >= 4 is 11.8 Å². The quantitative estimate of drug-likeness (QED) is 0.883. The van der Waals surface area contributed by atoms with Crippen molar-refractivity contribution in [3.63, 3.8) is 0 Å². The first kappa shape index (κ1) is 11.7. The Balaban J connectivity index is 2.25. The Morgan fingerprint density at radius 2 is 2.38 bits per heavy atom. The molecule has 0 saturated carbocycles. The molecule has 2 nitrogen and oxygen atoms in total. The van der Waals surface area contributed by atoms with Gasteiger partial charge in [0.05, 0.1) is 7.11 Å². The Hall–Kier alpha value is -0.740. The van der Waals surface area contributed by atoms with Gasteiger partial charge in [-0.1, -0.05) is 12.1 Å². The van der Waals surface area contributed by atoms with E-state index >= 15 is 0 Å². The van der Waals surface area contributed by atoms with Gasteiger partial charge in [-0.15, -0.1) is 0 Å². The van der Waals surface area contributed by atoms with Gasteiger partial charge in [-0.2, -0.15) is 11.8 Å². The third-order valence-corrected chi connectivity index (χ3v) is 4.23. The largest absolute Gasteiger partial charge is 0.494 e. The number of ether oxygens (including phenoxy) is 1. The molecular weight excluding hydrogens is 225 g/mol. The van der Waals surface area contributed by atoms with Crippen molar-refractivity contribution in [2.75, 3.05) is 18.6 Å². The molecule has 1 heterocycles. The van der Waals surface area contributed by atoms with Gasteiger partial charge in [0.1, 0.15) is 0 Å². The minimum atomic E-state index is -0.311. The predicted octanol–water partition coefficient (Wildman–Crippen LogP) is 2.59. The number of methoxy groups -OCH3 is 1. The standard InChI is InChI=1S/C12H16FNOS/c1-15-10-4-2-3-9(11(10)13)12(14)8-5-6-16-7-8/h2-4,8,12H,5-7,14H2,1H3. The van der Waals surface area contributed by atoms with Gasteiger partial charge in [0.2, 0.25) is 0 Å². The van der Waals surface area contributed by atoms with Gasteiger partial charge in [-0.05, 0) is 29.9 Å². The summed E-state index contributed by atoms with van der Waals surface area (Å²) in [5, 5.41) is 0. The first-order chi connectivity index (χ1) is 7.74. The molecule has 1 aromatic rings. The maximum atomic E-state index is 14.0. The maximum absolute atomic E-state index is 14.0. The van der Waals surface area contributed by atoms with E-state index in [0.29, 0.717) is 11.5 Å². The summed E-state index contributed by atoms with van der Waals surface area (Å²) in [4.78, 5) is 0. The molecular formula is C12H16FNOS. The second kappa shape index (κ2) is 5.06. The van der Waals surface area contributed by atoms with E-state index in [4.69, 9.17) is 10.5 Å². The van der Waals surface area contributed by atoms with E-state index < -0.39 is 0 Å². The number of thioether (sulfide) groups is 1. The van der Waals surface area contributed by atoms with Gasteiger partial charge < -0.3 is 10.5 Å². The summed E-state index contributed by atoms with van der Waals surface area (Å²) in [6, 6.07) is 4.95. The van der Waals surface area contributed by atoms with Crippen LogP contribution in [0.15, 0.2) is 18.2 Å². The molecule has 16 heavy (non-hydrogen) atoms. The number of halogens is 1. The zero-order valence-corrected chi connectivity index (χ0v) is 10.1. The minimum Gasteiger partial charge on any atom is -0.494 e. The molecule has 2 unspecified atom stereocenters. The summed E-state index contributed by atoms with van der Waals surface area (Å²) < 4.78 is 18.9. The predicted molar refractivity (Wildman–Crippen MR) is 65.3 cm³/mol. The molecule has 0 bridgehead atoms. The smallest absolute Gasteiger partial charge is 0.169 e. The van der Waals surface area contributed by atoms with Gasteiger partial charge in [0.15, 0.2) is 11.6 Å². The van der Waals surface area contributed by atoms with Crippen molar-refractivity contribution < 1.29 is 9.13 Å². The Labute approximate surface area is 99.4 Å². The zero-order valence-electron chi connectivity index (χ0n) is 9.28. The SMILES string of the molecule is COc1cccc(C(N)C2CCSC2)c1F. The first-order valence-corrected chi connectivity index (χ1v) is 6.55. The number of rotatable bonds is 3. The van der Waals surface area contributed by atoms with Crippen LogP contribution >= 0.6 is 11.8 Å². The van der Waals surface area contributed by atoms with Crippen molar-refractivity contribution in [2.45, 2.75) is 12.5 Å². The van der Waals surface area contributed by atoms with Crippen LogP contribution in [0.4, 0.5) is 4.39 Å². The molecule has 4 heteroatoms. The van der Waals surface area contributed by atoms with Crippen molar-refractivity contribution in [3.8, 4) is 5.75 Å². The average molecular weight is 241 g/mol. The normalized spacial score (nSPS) is 22.1. The third-order valence-electron chi connectivity index (χ3n) is 3.04. The average Bonchev–Trinajstić information content (AvgIpc) is 2.82. The van der Waals surface area contributed by atoms with Gasteiger partial charge in [0, 0.05) is 11.6 Å². The highest BCUT2D eigenvalue weighted by Gasteiger charge is 2.26. The second-order valence-electron chi connectivity index (χ2n) is 4.01. The van der Waals surface area contributed by atoms with Crippen LogP contribution in [-0.2, 0) is 0 Å². The lowest BCUT2D eigenvalue weighted by Gasteiger charge is -2.19. The molecule has 0 amide bonds. The van der Waals surface area contributed by atoms with E-state index in [9.17, 15) is 4.39 Å². The Morgan fingerprint density at radius 1 is 1.56 bits per heavy atom. The number of nitrogens with two attached hydrogens (primary N) is 1. The third kappa shape index (κ3) is 2.18. The fourth-order valence-electron chi connectivity index (χ4n) is 2.03. The number of benzene rings is 1. The summed E-state index contributed by atoms with van der Waals surface area (Å²) >= 11 is 1.89. The van der Waals surface area contributed by atoms with E-state index in [0.717, 1.165) is 17.9 Å². The summed E-state index contributed by atoms with van der Waals surface area (Å²) in [7, 11) is 1.47. The molecule has 1 aromatic carbocycles. The van der Waals surface area contributed by atoms with E-state index in [1.54, 1.807) is 18.2 Å². The lowest BCUT2D eigenvalue weighted by Crippen LogP contribution is -2.22. The van der Waals surface area contributed by atoms with Crippen LogP contribution in [0.1, 0.15) is 18.0 Å². The minimum absolute atomic E-state index is 0.218. The summed E-state index contributed by atoms with van der Waals surface area (Å²) in [6.07, 6.45) is 1.07. The Morgan fingerprint density at radius 3 is 3.00 bits per heavy atom. The number of hydrogen-bond donors (Lipinski definition) is 1. The molecule has 0 radical (unpaired) electrons. The van der Waals surface area contributed by atoms with Crippen LogP contribution in [0.2, 0.25) is 0 Å². The van der Waals surface area contributed by atoms with Gasteiger partial charge in [-0.3, -0.25) is 0 Å². The van der Waals surface area contributed by atoms with Crippen LogP contribution in [0, 0.1) is 11.7 Å². The molecule has 0 aliphatic carbocycles. The fourth-order valence-corrected chi connectivity index (χ4v) is 3.35. The van der Waals surface area contributed by atoms with E-state index in [-0.39, 0.29) is 17.6 Å². The highest BCUT2D eigenvalue weighted by molar-refractivity contribution is 7.99. The summed E-state index contributed by atoms with van der Waals surface area (Å²) in [5.41, 5.74) is 6.69. The van der Waals surface area contributed by atoms with Crippen LogP contribution in [-0.4, -0.2) is 18.6 Å². The lowest BCUT2D eigenvalue weighted by molar-refractivity contribution is 0.376. The lowest BCUT2D eigenvalue weighted by atomic mass is 9.93. The molecule has 2 N–H and O–H groups in total. The van der Waals surface area contributed by atoms with Gasteiger partial charge >= 0.3 is 0 Å². The zero-order chi connectivity index (χ0) is 11.5. The summed E-state index contributed by atoms with van der Waals surface area (Å²) in [5.74, 6) is 2.50. The molecule has 0 spiro atoms. The van der Waals surface area contributed by atoms with Crippen LogP contribution in [0.25, 0.3) is 0 Å². The van der Waals surface area contributed by atoms with Gasteiger partial charge in [0.25, 0.3) is 0 Å². The van der Waals surface area contributed by atoms with E-state index in [1.807, 2.05) is 11.8 Å². The fraction of sp³-hybridized carbons (Fsp3) is 0.500. The molecule has 2 rings (SSSR count). The molecule has 2 atom stereocenters. The van der Waals surface area contributed by atoms with Crippen LogP contribution < -0.4 is 10.5 Å². The molecule has 1 saturated heterocycles. The van der Waals surface area contributed by atoms with Gasteiger partial charge in [-0.25, -0.2) is 4.39 Å². The Bertz CT molecular complexity index is 366. The molecule has 88 valence electrons. The highest BCUT2D eigenvalue weighted by Crippen LogP contribution is 2.35. The molecule has 1 fully saturated rings. The first-order valence-electron chi connectivity index (χ1n) is 5.39. The molecule has 0 aromatic heterocycles. The summed E-state index contributed by atoms with van der Waals surface area (Å²) in [6.45, 7) is 0. The monoisotopic (exact) mass is 241 g/mol. The second-order valence-corrected chi connectivity index (χ2v) is 5.16. The highest BCUT2D eigenvalue weighted by atomic mass is 32.2.